The Morgan fingerprint density at radius 1 is 0.298 bits per heavy atom. The average Bonchev–Trinajstić information content (AvgIpc) is 3.66. The first kappa shape index (κ1) is 32.7. The van der Waals surface area contributed by atoms with Crippen molar-refractivity contribution in [2.75, 3.05) is 0 Å². The molecule has 0 bridgehead atoms. The summed E-state index contributed by atoms with van der Waals surface area (Å²) in [6, 6.07) is 69.9. The summed E-state index contributed by atoms with van der Waals surface area (Å²) in [4.78, 5) is 15.1. The third-order valence-corrected chi connectivity index (χ3v) is 10.9. The van der Waals surface area contributed by atoms with Crippen molar-refractivity contribution < 1.29 is 4.42 Å². The van der Waals surface area contributed by atoms with Crippen molar-refractivity contribution in [3.63, 3.8) is 0 Å². The van der Waals surface area contributed by atoms with Crippen LogP contribution in [0.4, 0.5) is 0 Å². The summed E-state index contributed by atoms with van der Waals surface area (Å²) in [5.74, 6) is 1.92. The minimum absolute atomic E-state index is 0.637. The van der Waals surface area contributed by atoms with Crippen LogP contribution in [-0.4, -0.2) is 15.0 Å². The smallest absolute Gasteiger partial charge is 0.164 e. The lowest BCUT2D eigenvalue weighted by molar-refractivity contribution is 0.670. The van der Waals surface area contributed by atoms with Crippen LogP contribution >= 0.6 is 0 Å². The normalized spacial score (nSPS) is 11.5. The molecule has 0 N–H and O–H groups in total. The van der Waals surface area contributed by atoms with Crippen LogP contribution in [0.5, 0.6) is 0 Å². The van der Waals surface area contributed by atoms with Crippen LogP contribution in [0.2, 0.25) is 0 Å². The summed E-state index contributed by atoms with van der Waals surface area (Å²) in [7, 11) is 0. The van der Waals surface area contributed by atoms with Crippen LogP contribution in [-0.2, 0) is 0 Å². The molecule has 266 valence electrons. The Hall–Kier alpha value is -7.69. The molecule has 4 nitrogen and oxygen atoms in total. The molecule has 4 heteroatoms. The average molecular weight is 728 g/mol. The van der Waals surface area contributed by atoms with Crippen molar-refractivity contribution in [3.05, 3.63) is 200 Å². The van der Waals surface area contributed by atoms with Crippen molar-refractivity contribution in [3.8, 4) is 67.5 Å². The van der Waals surface area contributed by atoms with Gasteiger partial charge in [-0.1, -0.05) is 176 Å². The monoisotopic (exact) mass is 727 g/mol. The second-order valence-electron chi connectivity index (χ2n) is 14.4. The number of fused-ring (bicyclic) bond motifs is 5. The molecular formula is C53H33N3O. The van der Waals surface area contributed by atoms with Gasteiger partial charge in [-0.2, -0.15) is 0 Å². The highest BCUT2D eigenvalue weighted by molar-refractivity contribution is 6.19. The molecule has 11 aromatic rings. The maximum atomic E-state index is 6.79. The second kappa shape index (κ2) is 13.6. The Morgan fingerprint density at radius 2 is 0.789 bits per heavy atom. The molecule has 57 heavy (non-hydrogen) atoms. The molecule has 0 atom stereocenters. The molecule has 11 rings (SSSR count). The SMILES string of the molecule is c1ccc(-c2ccc(-c3c4ccccc4cc4c3oc3ccc(-c5ccc(-c6nc(-c7ccccc7)nc(-c7ccccc7)n6)c6ccccc56)cc34)cc2)cc1. The zero-order chi connectivity index (χ0) is 37.7. The van der Waals surface area contributed by atoms with E-state index in [2.05, 4.69) is 140 Å². The maximum Gasteiger partial charge on any atom is 0.164 e. The predicted molar refractivity (Wildman–Crippen MR) is 235 cm³/mol. The first-order chi connectivity index (χ1) is 28.2. The topological polar surface area (TPSA) is 51.8 Å². The number of rotatable bonds is 6. The highest BCUT2D eigenvalue weighted by Gasteiger charge is 2.19. The molecule has 0 fully saturated rings. The molecule has 9 aromatic carbocycles. The lowest BCUT2D eigenvalue weighted by Crippen LogP contribution is -2.00. The molecule has 2 aromatic heterocycles. The van der Waals surface area contributed by atoms with Crippen molar-refractivity contribution in [2.45, 2.75) is 0 Å². The van der Waals surface area contributed by atoms with Crippen LogP contribution < -0.4 is 0 Å². The zero-order valence-electron chi connectivity index (χ0n) is 30.8. The molecule has 0 saturated carbocycles. The van der Waals surface area contributed by atoms with Crippen LogP contribution in [0.25, 0.3) is 111 Å². The van der Waals surface area contributed by atoms with E-state index in [0.717, 1.165) is 71.7 Å². The van der Waals surface area contributed by atoms with E-state index in [1.165, 1.54) is 21.9 Å². The van der Waals surface area contributed by atoms with Crippen LogP contribution in [0.15, 0.2) is 205 Å². The molecule has 0 spiro atoms. The Labute approximate surface area is 329 Å². The second-order valence-corrected chi connectivity index (χ2v) is 14.4. The molecule has 0 saturated heterocycles. The Morgan fingerprint density at radius 3 is 1.46 bits per heavy atom. The van der Waals surface area contributed by atoms with Crippen LogP contribution in [0, 0.1) is 0 Å². The number of furan rings is 1. The Bertz CT molecular complexity index is 3210. The number of hydrogen-bond acceptors (Lipinski definition) is 4. The Balaban J connectivity index is 1.06. The van der Waals surface area contributed by atoms with Gasteiger partial charge in [-0.3, -0.25) is 0 Å². The summed E-state index contributed by atoms with van der Waals surface area (Å²) in [6.07, 6.45) is 0. The third-order valence-electron chi connectivity index (χ3n) is 10.9. The van der Waals surface area contributed by atoms with E-state index < -0.39 is 0 Å². The lowest BCUT2D eigenvalue weighted by Gasteiger charge is -2.13. The fourth-order valence-electron chi connectivity index (χ4n) is 8.16. The molecule has 0 radical (unpaired) electrons. The van der Waals surface area contributed by atoms with Crippen molar-refractivity contribution in [1.29, 1.82) is 0 Å². The van der Waals surface area contributed by atoms with Gasteiger partial charge in [-0.05, 0) is 73.6 Å². The maximum absolute atomic E-state index is 6.79. The molecular weight excluding hydrogens is 695 g/mol. The van der Waals surface area contributed by atoms with E-state index in [0.29, 0.717) is 17.5 Å². The van der Waals surface area contributed by atoms with Gasteiger partial charge in [-0.15, -0.1) is 0 Å². The van der Waals surface area contributed by atoms with Crippen molar-refractivity contribution in [1.82, 2.24) is 15.0 Å². The molecule has 0 aliphatic carbocycles. The molecule has 0 amide bonds. The standard InChI is InChI=1S/C53H33N3O/c1-4-14-34(15-5-1)35-24-26-36(27-25-35)49-42-21-11-10-20-39(42)33-47-46-32-40(28-31-48(46)57-50(47)49)41-29-30-45(44-23-13-12-22-43(41)44)53-55-51(37-16-6-2-7-17-37)54-52(56-53)38-18-8-3-9-19-38/h1-33H. The van der Waals surface area contributed by atoms with Gasteiger partial charge in [0.05, 0.1) is 0 Å². The van der Waals surface area contributed by atoms with Gasteiger partial charge in [0.1, 0.15) is 11.2 Å². The predicted octanol–water partition coefficient (Wildman–Crippen LogP) is 14.1. The van der Waals surface area contributed by atoms with Gasteiger partial charge in [0, 0.05) is 33.0 Å². The Kier molecular flexibility index (Phi) is 7.78. The number of benzene rings is 9. The first-order valence-electron chi connectivity index (χ1n) is 19.2. The minimum Gasteiger partial charge on any atom is -0.455 e. The highest BCUT2D eigenvalue weighted by atomic mass is 16.3. The van der Waals surface area contributed by atoms with E-state index >= 15 is 0 Å². The summed E-state index contributed by atoms with van der Waals surface area (Å²) >= 11 is 0. The zero-order valence-corrected chi connectivity index (χ0v) is 30.8. The summed E-state index contributed by atoms with van der Waals surface area (Å²) in [6.45, 7) is 0. The van der Waals surface area contributed by atoms with E-state index in [1.54, 1.807) is 0 Å². The van der Waals surface area contributed by atoms with Gasteiger partial charge in [0.25, 0.3) is 0 Å². The molecule has 0 aliphatic rings. The number of aromatic nitrogens is 3. The lowest BCUT2D eigenvalue weighted by atomic mass is 9.92. The first-order valence-corrected chi connectivity index (χ1v) is 19.2. The number of nitrogens with zero attached hydrogens (tertiary/aromatic N) is 3. The van der Waals surface area contributed by atoms with Gasteiger partial charge >= 0.3 is 0 Å². The summed E-state index contributed by atoms with van der Waals surface area (Å²) in [5.41, 5.74) is 11.5. The summed E-state index contributed by atoms with van der Waals surface area (Å²) in [5, 5.41) is 6.72. The number of hydrogen-bond donors (Lipinski definition) is 0. The van der Waals surface area contributed by atoms with Gasteiger partial charge in [0.2, 0.25) is 0 Å². The fourth-order valence-corrected chi connectivity index (χ4v) is 8.16. The largest absolute Gasteiger partial charge is 0.455 e. The third kappa shape index (κ3) is 5.74. The highest BCUT2D eigenvalue weighted by Crippen LogP contribution is 2.43. The fraction of sp³-hybridized carbons (Fsp3) is 0. The molecule has 0 unspecified atom stereocenters. The summed E-state index contributed by atoms with van der Waals surface area (Å²) < 4.78 is 6.79. The van der Waals surface area contributed by atoms with E-state index in [9.17, 15) is 0 Å². The van der Waals surface area contributed by atoms with Crippen molar-refractivity contribution >= 4 is 43.5 Å². The minimum atomic E-state index is 0.637. The van der Waals surface area contributed by atoms with E-state index in [1.807, 2.05) is 60.7 Å². The van der Waals surface area contributed by atoms with Gasteiger partial charge < -0.3 is 4.42 Å². The van der Waals surface area contributed by atoms with Gasteiger partial charge in [-0.25, -0.2) is 15.0 Å². The van der Waals surface area contributed by atoms with Crippen molar-refractivity contribution in [2.24, 2.45) is 0 Å². The quantitative estimate of drug-likeness (QED) is 0.171. The molecule has 2 heterocycles. The van der Waals surface area contributed by atoms with Crippen LogP contribution in [0.3, 0.4) is 0 Å². The van der Waals surface area contributed by atoms with Crippen LogP contribution in [0.1, 0.15) is 0 Å². The van der Waals surface area contributed by atoms with E-state index in [4.69, 9.17) is 19.4 Å². The van der Waals surface area contributed by atoms with E-state index in [-0.39, 0.29) is 0 Å². The van der Waals surface area contributed by atoms with Gasteiger partial charge in [0.15, 0.2) is 17.5 Å². The molecule has 0 aliphatic heterocycles.